The highest BCUT2D eigenvalue weighted by atomic mass is 32.1. The van der Waals surface area contributed by atoms with Crippen molar-refractivity contribution in [2.45, 2.75) is 32.2 Å². The van der Waals surface area contributed by atoms with Gasteiger partial charge in [0, 0.05) is 30.6 Å². The Labute approximate surface area is 145 Å². The largest absolute Gasteiger partial charge is 0.340 e. The summed E-state index contributed by atoms with van der Waals surface area (Å²) in [5, 5.41) is 3.16. The van der Waals surface area contributed by atoms with E-state index >= 15 is 0 Å². The molecule has 0 bridgehead atoms. The van der Waals surface area contributed by atoms with E-state index in [2.05, 4.69) is 9.97 Å². The van der Waals surface area contributed by atoms with E-state index in [4.69, 9.17) is 0 Å². The molecule has 1 aliphatic rings. The molecule has 1 atom stereocenters. The molecule has 124 valence electrons. The third-order valence-electron chi connectivity index (χ3n) is 4.71. The molecule has 1 aliphatic heterocycles. The molecule has 0 aliphatic carbocycles. The van der Waals surface area contributed by atoms with Gasteiger partial charge in [0.1, 0.15) is 12.4 Å². The van der Waals surface area contributed by atoms with Gasteiger partial charge in [-0.2, -0.15) is 0 Å². The number of fused-ring (bicyclic) bond motifs is 1. The van der Waals surface area contributed by atoms with E-state index in [-0.39, 0.29) is 5.91 Å². The Balaban J connectivity index is 1.52. The Hall–Kier alpha value is -2.21. The van der Waals surface area contributed by atoms with Crippen molar-refractivity contribution < 1.29 is 4.79 Å². The van der Waals surface area contributed by atoms with Gasteiger partial charge < -0.3 is 9.47 Å². The molecule has 3 heterocycles. The number of likely N-dealkylation sites (tertiary alicyclic amines) is 1. The average molecular weight is 340 g/mol. The number of imidazole rings is 1. The molecule has 0 radical (unpaired) electrons. The first kappa shape index (κ1) is 15.3. The number of aryl methyl sites for hydroxylation is 1. The molecule has 1 amide bonds. The fourth-order valence-electron chi connectivity index (χ4n) is 3.47. The zero-order valence-electron chi connectivity index (χ0n) is 13.7. The van der Waals surface area contributed by atoms with Crippen LogP contribution in [0.4, 0.5) is 0 Å². The molecule has 0 saturated carbocycles. The summed E-state index contributed by atoms with van der Waals surface area (Å²) in [4.78, 5) is 23.8. The lowest BCUT2D eigenvalue weighted by atomic mass is 9.98. The lowest BCUT2D eigenvalue weighted by Gasteiger charge is -2.32. The molecule has 1 fully saturated rings. The van der Waals surface area contributed by atoms with E-state index < -0.39 is 0 Å². The van der Waals surface area contributed by atoms with Gasteiger partial charge in [0.25, 0.3) is 0 Å². The topological polar surface area (TPSA) is 51.0 Å². The van der Waals surface area contributed by atoms with Crippen LogP contribution < -0.4 is 0 Å². The van der Waals surface area contributed by atoms with Crippen molar-refractivity contribution in [3.8, 4) is 0 Å². The van der Waals surface area contributed by atoms with Crippen LogP contribution in [0.5, 0.6) is 0 Å². The number of rotatable bonds is 3. The van der Waals surface area contributed by atoms with Gasteiger partial charge in [-0.3, -0.25) is 4.79 Å². The maximum atomic E-state index is 12.8. The maximum Gasteiger partial charge on any atom is 0.242 e. The SMILES string of the molecule is Cc1nc2ccccc2n1CC(=O)N1CCCC(c2nccs2)C1. The number of hydrogen-bond donors (Lipinski definition) is 0. The van der Waals surface area contributed by atoms with Gasteiger partial charge in [-0.05, 0) is 31.9 Å². The number of amides is 1. The smallest absolute Gasteiger partial charge is 0.242 e. The minimum absolute atomic E-state index is 0.169. The molecule has 3 aromatic rings. The Morgan fingerprint density at radius 3 is 3.08 bits per heavy atom. The van der Waals surface area contributed by atoms with E-state index in [0.717, 1.165) is 47.8 Å². The molecule has 24 heavy (non-hydrogen) atoms. The first-order chi connectivity index (χ1) is 11.7. The monoisotopic (exact) mass is 340 g/mol. The van der Waals surface area contributed by atoms with Gasteiger partial charge >= 0.3 is 0 Å². The molecule has 1 aromatic carbocycles. The number of piperidine rings is 1. The van der Waals surface area contributed by atoms with Crippen LogP contribution in [0.25, 0.3) is 11.0 Å². The maximum absolute atomic E-state index is 12.8. The number of benzene rings is 1. The number of para-hydroxylation sites is 2. The van der Waals surface area contributed by atoms with Gasteiger partial charge in [0.2, 0.25) is 5.91 Å². The van der Waals surface area contributed by atoms with Crippen molar-refractivity contribution >= 4 is 28.3 Å². The Morgan fingerprint density at radius 2 is 2.25 bits per heavy atom. The summed E-state index contributed by atoms with van der Waals surface area (Å²) < 4.78 is 2.02. The summed E-state index contributed by atoms with van der Waals surface area (Å²) in [6.07, 6.45) is 4.01. The minimum Gasteiger partial charge on any atom is -0.340 e. The third kappa shape index (κ3) is 2.82. The highest BCUT2D eigenvalue weighted by molar-refractivity contribution is 7.09. The predicted molar refractivity (Wildman–Crippen MR) is 95.1 cm³/mol. The number of hydrogen-bond acceptors (Lipinski definition) is 4. The van der Waals surface area contributed by atoms with Crippen LogP contribution in [0.1, 0.15) is 29.6 Å². The van der Waals surface area contributed by atoms with Crippen molar-refractivity contribution in [3.63, 3.8) is 0 Å². The zero-order chi connectivity index (χ0) is 16.5. The summed E-state index contributed by atoms with van der Waals surface area (Å²) in [5.41, 5.74) is 1.97. The van der Waals surface area contributed by atoms with Crippen LogP contribution in [0.15, 0.2) is 35.8 Å². The molecule has 0 spiro atoms. The Morgan fingerprint density at radius 1 is 1.38 bits per heavy atom. The van der Waals surface area contributed by atoms with Gasteiger partial charge in [0.15, 0.2) is 0 Å². The first-order valence-corrected chi connectivity index (χ1v) is 9.19. The number of nitrogens with zero attached hydrogens (tertiary/aromatic N) is 4. The van der Waals surface area contributed by atoms with Crippen LogP contribution in [0, 0.1) is 6.92 Å². The standard InChI is InChI=1S/C18H20N4OS/c1-13-20-15-6-2-3-7-16(15)22(13)12-17(23)21-9-4-5-14(11-21)18-19-8-10-24-18/h2-3,6-8,10,14H,4-5,9,11-12H2,1H3. The number of thiazole rings is 1. The minimum atomic E-state index is 0.169. The van der Waals surface area contributed by atoms with Gasteiger partial charge in [-0.15, -0.1) is 11.3 Å². The van der Waals surface area contributed by atoms with Gasteiger partial charge in [-0.1, -0.05) is 12.1 Å². The van der Waals surface area contributed by atoms with Crippen molar-refractivity contribution in [1.82, 2.24) is 19.4 Å². The van der Waals surface area contributed by atoms with Crippen molar-refractivity contribution in [1.29, 1.82) is 0 Å². The lowest BCUT2D eigenvalue weighted by Crippen LogP contribution is -2.40. The fraction of sp³-hybridized carbons (Fsp3) is 0.389. The molecule has 1 saturated heterocycles. The molecule has 4 rings (SSSR count). The van der Waals surface area contributed by atoms with E-state index in [9.17, 15) is 4.79 Å². The summed E-state index contributed by atoms with van der Waals surface area (Å²) >= 11 is 1.69. The quantitative estimate of drug-likeness (QED) is 0.736. The van der Waals surface area contributed by atoms with E-state index in [1.165, 1.54) is 0 Å². The summed E-state index contributed by atoms with van der Waals surface area (Å²) in [6.45, 7) is 3.93. The van der Waals surface area contributed by atoms with Crippen LogP contribution >= 0.6 is 11.3 Å². The molecule has 5 nitrogen and oxygen atoms in total. The van der Waals surface area contributed by atoms with Crippen LogP contribution in [0.3, 0.4) is 0 Å². The number of carbonyl (C=O) groups is 1. The molecule has 1 unspecified atom stereocenters. The van der Waals surface area contributed by atoms with E-state index in [1.807, 2.05) is 52.2 Å². The van der Waals surface area contributed by atoms with Crippen LogP contribution in [-0.2, 0) is 11.3 Å². The predicted octanol–water partition coefficient (Wildman–Crippen LogP) is 3.21. The molecule has 0 N–H and O–H groups in total. The Kier molecular flexibility index (Phi) is 4.06. The second-order valence-electron chi connectivity index (χ2n) is 6.28. The molecule has 2 aromatic heterocycles. The van der Waals surface area contributed by atoms with Crippen LogP contribution in [-0.4, -0.2) is 38.4 Å². The molecular formula is C18H20N4OS. The van der Waals surface area contributed by atoms with Gasteiger partial charge in [0.05, 0.1) is 16.0 Å². The normalized spacial score (nSPS) is 18.2. The number of aromatic nitrogens is 3. The highest BCUT2D eigenvalue weighted by Gasteiger charge is 2.26. The third-order valence-corrected chi connectivity index (χ3v) is 5.65. The highest BCUT2D eigenvalue weighted by Crippen LogP contribution is 2.28. The summed E-state index contributed by atoms with van der Waals surface area (Å²) in [7, 11) is 0. The fourth-order valence-corrected chi connectivity index (χ4v) is 4.24. The van der Waals surface area contributed by atoms with E-state index in [0.29, 0.717) is 12.5 Å². The molecular weight excluding hydrogens is 320 g/mol. The Bertz CT molecular complexity index is 855. The van der Waals surface area contributed by atoms with Crippen LogP contribution in [0.2, 0.25) is 0 Å². The number of carbonyl (C=O) groups excluding carboxylic acids is 1. The second kappa shape index (κ2) is 6.36. The first-order valence-electron chi connectivity index (χ1n) is 8.31. The summed E-state index contributed by atoms with van der Waals surface area (Å²) in [5.74, 6) is 1.43. The average Bonchev–Trinajstić information content (AvgIpc) is 3.24. The molecule has 6 heteroatoms. The van der Waals surface area contributed by atoms with Crippen molar-refractivity contribution in [2.24, 2.45) is 0 Å². The zero-order valence-corrected chi connectivity index (χ0v) is 14.5. The van der Waals surface area contributed by atoms with E-state index in [1.54, 1.807) is 11.3 Å². The van der Waals surface area contributed by atoms with Crippen molar-refractivity contribution in [2.75, 3.05) is 13.1 Å². The van der Waals surface area contributed by atoms with Gasteiger partial charge in [-0.25, -0.2) is 9.97 Å². The summed E-state index contributed by atoms with van der Waals surface area (Å²) in [6, 6.07) is 7.98. The van der Waals surface area contributed by atoms with Crippen molar-refractivity contribution in [3.05, 3.63) is 46.7 Å². The lowest BCUT2D eigenvalue weighted by molar-refractivity contribution is -0.133. The second-order valence-corrected chi connectivity index (χ2v) is 7.21.